The van der Waals surface area contributed by atoms with Crippen LogP contribution in [0.5, 0.6) is 0 Å². The second-order valence-electron chi connectivity index (χ2n) is 4.39. The van der Waals surface area contributed by atoms with E-state index in [4.69, 9.17) is 15.2 Å². The summed E-state index contributed by atoms with van der Waals surface area (Å²) in [5, 5.41) is 0. The Morgan fingerprint density at radius 1 is 1.40 bits per heavy atom. The third kappa shape index (κ3) is 3.18. The lowest BCUT2D eigenvalue weighted by Crippen LogP contribution is -2.38. The molecule has 0 aromatic heterocycles. The number of ether oxygens (including phenoxy) is 2. The van der Waals surface area contributed by atoms with Crippen LogP contribution in [0.25, 0.3) is 0 Å². The van der Waals surface area contributed by atoms with Crippen LogP contribution in [-0.2, 0) is 14.3 Å². The molecule has 2 N–H and O–H groups in total. The van der Waals surface area contributed by atoms with Crippen LogP contribution in [0.2, 0.25) is 0 Å². The van der Waals surface area contributed by atoms with Crippen LogP contribution in [0.1, 0.15) is 32.1 Å². The zero-order valence-electron chi connectivity index (χ0n) is 9.62. The fourth-order valence-electron chi connectivity index (χ4n) is 2.27. The van der Waals surface area contributed by atoms with Crippen molar-refractivity contribution in [2.24, 2.45) is 11.1 Å². The highest BCUT2D eigenvalue weighted by atomic mass is 16.5. The van der Waals surface area contributed by atoms with E-state index in [0.717, 1.165) is 25.7 Å². The molecule has 4 heteroatoms. The molecule has 1 saturated carbocycles. The van der Waals surface area contributed by atoms with Crippen LogP contribution in [0.4, 0.5) is 0 Å². The lowest BCUT2D eigenvalue weighted by atomic mass is 9.71. The van der Waals surface area contributed by atoms with Crippen molar-refractivity contribution >= 4 is 5.97 Å². The Bertz CT molecular complexity index is 210. The Hall–Kier alpha value is -0.610. The number of hydrogen-bond donors (Lipinski definition) is 1. The molecule has 1 rings (SSSR count). The number of nitrogens with two attached hydrogens (primary N) is 1. The van der Waals surface area contributed by atoms with Gasteiger partial charge in [0.2, 0.25) is 0 Å². The second kappa shape index (κ2) is 5.47. The first-order valence-electron chi connectivity index (χ1n) is 5.45. The highest BCUT2D eigenvalue weighted by Crippen LogP contribution is 2.39. The summed E-state index contributed by atoms with van der Waals surface area (Å²) in [4.78, 5) is 11.3. The van der Waals surface area contributed by atoms with Gasteiger partial charge in [0.15, 0.2) is 0 Å². The van der Waals surface area contributed by atoms with Crippen LogP contribution in [0.3, 0.4) is 0 Å². The van der Waals surface area contributed by atoms with E-state index in [1.807, 2.05) is 0 Å². The van der Waals surface area contributed by atoms with Crippen LogP contribution in [-0.4, -0.2) is 32.8 Å². The SMILES string of the molecule is COC(=O)CC1(CN)CCC(OC)CC1. The standard InChI is InChI=1S/C11H21NO3/c1-14-9-3-5-11(8-12,6-4-9)7-10(13)15-2/h9H,3-8,12H2,1-2H3. The van der Waals surface area contributed by atoms with Gasteiger partial charge in [-0.25, -0.2) is 0 Å². The molecule has 0 bridgehead atoms. The van der Waals surface area contributed by atoms with Gasteiger partial charge in [-0.15, -0.1) is 0 Å². The Morgan fingerprint density at radius 2 is 2.00 bits per heavy atom. The Kier molecular flexibility index (Phi) is 4.54. The summed E-state index contributed by atoms with van der Waals surface area (Å²) >= 11 is 0. The number of carbonyl (C=O) groups is 1. The lowest BCUT2D eigenvalue weighted by molar-refractivity contribution is -0.144. The van der Waals surface area contributed by atoms with E-state index in [-0.39, 0.29) is 11.4 Å². The normalized spacial score (nSPS) is 31.3. The van der Waals surface area contributed by atoms with E-state index in [1.54, 1.807) is 7.11 Å². The van der Waals surface area contributed by atoms with Gasteiger partial charge in [-0.3, -0.25) is 4.79 Å². The van der Waals surface area contributed by atoms with Gasteiger partial charge in [0.1, 0.15) is 0 Å². The minimum Gasteiger partial charge on any atom is -0.469 e. The molecule has 0 radical (unpaired) electrons. The first-order valence-corrected chi connectivity index (χ1v) is 5.45. The number of rotatable bonds is 4. The first-order chi connectivity index (χ1) is 7.15. The molecule has 0 saturated heterocycles. The van der Waals surface area contributed by atoms with Crippen LogP contribution in [0.15, 0.2) is 0 Å². The smallest absolute Gasteiger partial charge is 0.306 e. The minimum atomic E-state index is -0.156. The molecule has 1 aliphatic carbocycles. The van der Waals surface area contributed by atoms with Crippen molar-refractivity contribution in [1.29, 1.82) is 0 Å². The lowest BCUT2D eigenvalue weighted by Gasteiger charge is -2.38. The highest BCUT2D eigenvalue weighted by Gasteiger charge is 2.36. The molecule has 0 aromatic rings. The Morgan fingerprint density at radius 3 is 2.40 bits per heavy atom. The topological polar surface area (TPSA) is 61.5 Å². The quantitative estimate of drug-likeness (QED) is 0.713. The molecule has 0 atom stereocenters. The predicted molar refractivity (Wildman–Crippen MR) is 57.4 cm³/mol. The summed E-state index contributed by atoms with van der Waals surface area (Å²) < 4.78 is 10.0. The third-order valence-corrected chi connectivity index (χ3v) is 3.51. The average Bonchev–Trinajstić information content (AvgIpc) is 2.30. The number of esters is 1. The molecular formula is C11H21NO3. The molecule has 15 heavy (non-hydrogen) atoms. The maximum absolute atomic E-state index is 11.3. The summed E-state index contributed by atoms with van der Waals surface area (Å²) in [7, 11) is 3.16. The van der Waals surface area contributed by atoms with Crippen molar-refractivity contribution < 1.29 is 14.3 Å². The van der Waals surface area contributed by atoms with Crippen molar-refractivity contribution in [3.05, 3.63) is 0 Å². The van der Waals surface area contributed by atoms with E-state index < -0.39 is 0 Å². The average molecular weight is 215 g/mol. The largest absolute Gasteiger partial charge is 0.469 e. The van der Waals surface area contributed by atoms with Gasteiger partial charge in [-0.1, -0.05) is 0 Å². The number of methoxy groups -OCH3 is 2. The number of hydrogen-bond acceptors (Lipinski definition) is 4. The molecule has 1 aliphatic rings. The summed E-state index contributed by atoms with van der Waals surface area (Å²) in [6, 6.07) is 0. The van der Waals surface area contributed by atoms with Gasteiger partial charge in [-0.2, -0.15) is 0 Å². The van der Waals surface area contributed by atoms with Crippen molar-refractivity contribution in [1.82, 2.24) is 0 Å². The van der Waals surface area contributed by atoms with Gasteiger partial charge < -0.3 is 15.2 Å². The molecule has 0 aliphatic heterocycles. The van der Waals surface area contributed by atoms with Crippen molar-refractivity contribution in [3.8, 4) is 0 Å². The molecule has 0 spiro atoms. The molecule has 0 amide bonds. The monoisotopic (exact) mass is 215 g/mol. The van der Waals surface area contributed by atoms with Crippen LogP contribution >= 0.6 is 0 Å². The summed E-state index contributed by atoms with van der Waals surface area (Å²) in [6.07, 6.45) is 4.67. The van der Waals surface area contributed by atoms with E-state index >= 15 is 0 Å². The molecule has 4 nitrogen and oxygen atoms in total. The maximum atomic E-state index is 11.3. The summed E-state index contributed by atoms with van der Waals surface area (Å²) in [5.41, 5.74) is 5.73. The molecule has 88 valence electrons. The second-order valence-corrected chi connectivity index (χ2v) is 4.39. The highest BCUT2D eigenvalue weighted by molar-refractivity contribution is 5.70. The third-order valence-electron chi connectivity index (χ3n) is 3.51. The number of carbonyl (C=O) groups excluding carboxylic acids is 1. The Labute approximate surface area is 91.1 Å². The fraction of sp³-hybridized carbons (Fsp3) is 0.909. The molecule has 0 unspecified atom stereocenters. The molecule has 0 aromatic carbocycles. The van der Waals surface area contributed by atoms with Gasteiger partial charge in [-0.05, 0) is 37.6 Å². The van der Waals surface area contributed by atoms with Gasteiger partial charge in [0.05, 0.1) is 19.6 Å². The van der Waals surface area contributed by atoms with E-state index in [0.29, 0.717) is 19.1 Å². The van der Waals surface area contributed by atoms with Gasteiger partial charge in [0.25, 0.3) is 0 Å². The minimum absolute atomic E-state index is 0.0534. The zero-order valence-corrected chi connectivity index (χ0v) is 9.62. The predicted octanol–water partition coefficient (Wildman–Crippen LogP) is 1.08. The maximum Gasteiger partial charge on any atom is 0.306 e. The fourth-order valence-corrected chi connectivity index (χ4v) is 2.27. The van der Waals surface area contributed by atoms with Crippen molar-refractivity contribution in [2.45, 2.75) is 38.2 Å². The summed E-state index contributed by atoms with van der Waals surface area (Å²) in [5.74, 6) is -0.156. The van der Waals surface area contributed by atoms with Crippen LogP contribution in [0, 0.1) is 5.41 Å². The van der Waals surface area contributed by atoms with Crippen molar-refractivity contribution in [3.63, 3.8) is 0 Å². The Balaban J connectivity index is 2.52. The first kappa shape index (κ1) is 12.5. The van der Waals surface area contributed by atoms with Crippen LogP contribution < -0.4 is 5.73 Å². The molecular weight excluding hydrogens is 194 g/mol. The molecule has 1 fully saturated rings. The summed E-state index contributed by atoms with van der Waals surface area (Å²) in [6.45, 7) is 0.554. The zero-order chi connectivity index (χ0) is 11.3. The van der Waals surface area contributed by atoms with E-state index in [1.165, 1.54) is 7.11 Å². The van der Waals surface area contributed by atoms with Gasteiger partial charge in [0, 0.05) is 7.11 Å². The van der Waals surface area contributed by atoms with Gasteiger partial charge >= 0.3 is 5.97 Å². The van der Waals surface area contributed by atoms with E-state index in [2.05, 4.69) is 0 Å². The molecule has 0 heterocycles. The van der Waals surface area contributed by atoms with Crippen molar-refractivity contribution in [2.75, 3.05) is 20.8 Å². The van der Waals surface area contributed by atoms with E-state index in [9.17, 15) is 4.79 Å².